The molecule has 7 nitrogen and oxygen atoms in total. The molecule has 122 valence electrons. The van der Waals surface area contributed by atoms with E-state index in [0.29, 0.717) is 37.5 Å². The van der Waals surface area contributed by atoms with Crippen molar-refractivity contribution in [3.63, 3.8) is 0 Å². The first kappa shape index (κ1) is 15.5. The molecule has 3 rings (SSSR count). The van der Waals surface area contributed by atoms with E-state index < -0.39 is 11.9 Å². The largest absolute Gasteiger partial charge is 0.491 e. The molecule has 0 radical (unpaired) electrons. The van der Waals surface area contributed by atoms with E-state index in [9.17, 15) is 14.4 Å². The minimum absolute atomic E-state index is 0.202. The van der Waals surface area contributed by atoms with E-state index in [0.717, 1.165) is 5.56 Å². The monoisotopic (exact) mass is 318 g/mol. The molecule has 2 heterocycles. The molecule has 0 bridgehead atoms. The van der Waals surface area contributed by atoms with Crippen LogP contribution in [0.4, 0.5) is 0 Å². The van der Waals surface area contributed by atoms with E-state index in [-0.39, 0.29) is 18.2 Å². The number of amides is 3. The van der Waals surface area contributed by atoms with Crippen molar-refractivity contribution in [3.8, 4) is 5.75 Å². The van der Waals surface area contributed by atoms with Crippen molar-refractivity contribution in [1.29, 1.82) is 0 Å². The Balaban J connectivity index is 1.80. The Hall–Kier alpha value is -2.41. The molecule has 2 aliphatic rings. The highest BCUT2D eigenvalue weighted by Crippen LogP contribution is 2.33. The normalized spacial score (nSPS) is 20.5. The molecule has 3 amide bonds. The lowest BCUT2D eigenvalue weighted by atomic mass is 10.0. The molecule has 1 unspecified atom stereocenters. The summed E-state index contributed by atoms with van der Waals surface area (Å²) in [5.74, 6) is -0.280. The van der Waals surface area contributed by atoms with Crippen LogP contribution in [-0.4, -0.2) is 49.0 Å². The lowest BCUT2D eigenvalue weighted by Crippen LogP contribution is -2.52. The molecule has 0 spiro atoms. The molecule has 1 atom stereocenters. The predicted molar refractivity (Wildman–Crippen MR) is 79.9 cm³/mol. The summed E-state index contributed by atoms with van der Waals surface area (Å²) in [5.41, 5.74) is 1.32. The van der Waals surface area contributed by atoms with Gasteiger partial charge in [-0.15, -0.1) is 0 Å². The third-order valence-corrected chi connectivity index (χ3v) is 4.08. The predicted octanol–water partition coefficient (Wildman–Crippen LogP) is 0.473. The zero-order chi connectivity index (χ0) is 16.4. The zero-order valence-electron chi connectivity index (χ0n) is 12.8. The average Bonchev–Trinajstić information content (AvgIpc) is 2.86. The van der Waals surface area contributed by atoms with Gasteiger partial charge in [-0.1, -0.05) is 6.07 Å². The van der Waals surface area contributed by atoms with Crippen LogP contribution in [0, 0.1) is 0 Å². The second-order valence-electron chi connectivity index (χ2n) is 5.52. The summed E-state index contributed by atoms with van der Waals surface area (Å²) in [6.45, 7) is 1.15. The number of rotatable bonds is 5. The van der Waals surface area contributed by atoms with Gasteiger partial charge in [0, 0.05) is 24.7 Å². The molecule has 7 heteroatoms. The van der Waals surface area contributed by atoms with Crippen LogP contribution in [-0.2, 0) is 20.9 Å². The number of nitrogens with one attached hydrogen (secondary N) is 1. The first-order valence-electron chi connectivity index (χ1n) is 7.50. The fourth-order valence-electron chi connectivity index (χ4n) is 2.93. The summed E-state index contributed by atoms with van der Waals surface area (Å²) in [6.07, 6.45) is 0.595. The fourth-order valence-corrected chi connectivity index (χ4v) is 2.93. The molecule has 0 aromatic heterocycles. The van der Waals surface area contributed by atoms with Gasteiger partial charge >= 0.3 is 0 Å². The third kappa shape index (κ3) is 2.92. The minimum atomic E-state index is -0.612. The van der Waals surface area contributed by atoms with Crippen molar-refractivity contribution < 1.29 is 23.9 Å². The van der Waals surface area contributed by atoms with Gasteiger partial charge in [0.05, 0.1) is 13.2 Å². The lowest BCUT2D eigenvalue weighted by molar-refractivity contribution is -0.136. The molecular weight excluding hydrogens is 300 g/mol. The Labute approximate surface area is 133 Å². The molecular formula is C16H18N2O5. The van der Waals surface area contributed by atoms with Crippen LogP contribution in [0.1, 0.15) is 28.8 Å². The van der Waals surface area contributed by atoms with Crippen LogP contribution >= 0.6 is 0 Å². The number of nitrogens with zero attached hydrogens (tertiary/aromatic N) is 1. The first-order chi connectivity index (χ1) is 11.1. The number of hydrogen-bond acceptors (Lipinski definition) is 5. The Morgan fingerprint density at radius 2 is 2.09 bits per heavy atom. The van der Waals surface area contributed by atoms with Crippen molar-refractivity contribution in [1.82, 2.24) is 10.2 Å². The molecule has 23 heavy (non-hydrogen) atoms. The maximum absolute atomic E-state index is 12.6. The fraction of sp³-hybridized carbons (Fsp3) is 0.438. The van der Waals surface area contributed by atoms with E-state index in [2.05, 4.69) is 5.32 Å². The first-order valence-corrected chi connectivity index (χ1v) is 7.50. The van der Waals surface area contributed by atoms with Crippen molar-refractivity contribution in [2.75, 3.05) is 20.3 Å². The molecule has 1 N–H and O–H groups in total. The third-order valence-electron chi connectivity index (χ3n) is 4.08. The highest BCUT2D eigenvalue weighted by Gasteiger charge is 2.40. The Morgan fingerprint density at radius 3 is 2.83 bits per heavy atom. The number of piperidine rings is 1. The number of carbonyl (C=O) groups excluding carboxylic acids is 3. The molecule has 1 saturated heterocycles. The van der Waals surface area contributed by atoms with Gasteiger partial charge in [0.15, 0.2) is 0 Å². The van der Waals surface area contributed by atoms with E-state index >= 15 is 0 Å². The van der Waals surface area contributed by atoms with Crippen LogP contribution < -0.4 is 10.1 Å². The Morgan fingerprint density at radius 1 is 1.26 bits per heavy atom. The summed E-state index contributed by atoms with van der Waals surface area (Å²) in [5, 5.41) is 2.29. The van der Waals surface area contributed by atoms with Gasteiger partial charge in [-0.2, -0.15) is 0 Å². The second-order valence-corrected chi connectivity index (χ2v) is 5.52. The summed E-state index contributed by atoms with van der Waals surface area (Å²) >= 11 is 0. The lowest BCUT2D eigenvalue weighted by Gasteiger charge is -2.29. The molecule has 1 fully saturated rings. The van der Waals surface area contributed by atoms with Crippen LogP contribution in [0.25, 0.3) is 0 Å². The summed E-state index contributed by atoms with van der Waals surface area (Å²) < 4.78 is 10.6. The number of ether oxygens (including phenoxy) is 2. The van der Waals surface area contributed by atoms with E-state index in [4.69, 9.17) is 9.47 Å². The highest BCUT2D eigenvalue weighted by molar-refractivity contribution is 6.05. The smallest absolute Gasteiger partial charge is 0.255 e. The van der Waals surface area contributed by atoms with Crippen LogP contribution in [0.2, 0.25) is 0 Å². The highest BCUT2D eigenvalue weighted by atomic mass is 16.5. The number of methoxy groups -OCH3 is 1. The Kier molecular flexibility index (Phi) is 4.29. The SMILES string of the molecule is COCCOc1cccc2c1CN(C1CCC(=O)NC1=O)C2=O. The summed E-state index contributed by atoms with van der Waals surface area (Å²) in [7, 11) is 1.59. The average molecular weight is 318 g/mol. The van der Waals surface area contributed by atoms with Gasteiger partial charge in [0.1, 0.15) is 18.4 Å². The minimum Gasteiger partial charge on any atom is -0.491 e. The van der Waals surface area contributed by atoms with Crippen molar-refractivity contribution in [3.05, 3.63) is 29.3 Å². The molecule has 1 aromatic carbocycles. The van der Waals surface area contributed by atoms with Gasteiger partial charge in [-0.05, 0) is 18.6 Å². The van der Waals surface area contributed by atoms with E-state index in [1.165, 1.54) is 4.90 Å². The van der Waals surface area contributed by atoms with Crippen LogP contribution in [0.5, 0.6) is 5.75 Å². The van der Waals surface area contributed by atoms with Crippen LogP contribution in [0.15, 0.2) is 18.2 Å². The number of hydrogen-bond donors (Lipinski definition) is 1. The second kappa shape index (κ2) is 6.37. The van der Waals surface area contributed by atoms with Gasteiger partial charge in [0.25, 0.3) is 5.91 Å². The van der Waals surface area contributed by atoms with Gasteiger partial charge < -0.3 is 14.4 Å². The topological polar surface area (TPSA) is 84.9 Å². The van der Waals surface area contributed by atoms with E-state index in [1.807, 2.05) is 0 Å². The molecule has 0 aliphatic carbocycles. The summed E-state index contributed by atoms with van der Waals surface area (Å²) in [4.78, 5) is 37.4. The molecule has 0 saturated carbocycles. The van der Waals surface area contributed by atoms with Gasteiger partial charge in [0.2, 0.25) is 11.8 Å². The maximum Gasteiger partial charge on any atom is 0.255 e. The van der Waals surface area contributed by atoms with Crippen molar-refractivity contribution in [2.45, 2.75) is 25.4 Å². The van der Waals surface area contributed by atoms with Gasteiger partial charge in [-0.3, -0.25) is 19.7 Å². The maximum atomic E-state index is 12.6. The number of imide groups is 1. The van der Waals surface area contributed by atoms with Crippen molar-refractivity contribution in [2.24, 2.45) is 0 Å². The van der Waals surface area contributed by atoms with Gasteiger partial charge in [-0.25, -0.2) is 0 Å². The van der Waals surface area contributed by atoms with Crippen LogP contribution in [0.3, 0.4) is 0 Å². The van der Waals surface area contributed by atoms with Crippen molar-refractivity contribution >= 4 is 17.7 Å². The standard InChI is InChI=1S/C16H18N2O5/c1-22-7-8-23-13-4-2-3-10-11(13)9-18(16(10)21)12-5-6-14(19)17-15(12)20/h2-4,12H,5-9H2,1H3,(H,17,19,20). The number of carbonyl (C=O) groups is 3. The molecule has 2 aliphatic heterocycles. The number of fused-ring (bicyclic) bond motifs is 1. The molecule has 1 aromatic rings. The number of benzene rings is 1. The summed E-state index contributed by atoms with van der Waals surface area (Å²) in [6, 6.07) is 4.68. The zero-order valence-corrected chi connectivity index (χ0v) is 12.8. The van der Waals surface area contributed by atoms with E-state index in [1.54, 1.807) is 25.3 Å². The Bertz CT molecular complexity index is 658. The quantitative estimate of drug-likeness (QED) is 0.630.